The van der Waals surface area contributed by atoms with Crippen molar-refractivity contribution in [1.82, 2.24) is 9.97 Å². The topological polar surface area (TPSA) is 49.8 Å². The maximum atomic E-state index is 12.5. The van der Waals surface area contributed by atoms with E-state index in [9.17, 15) is 13.2 Å². The van der Waals surface area contributed by atoms with E-state index in [4.69, 9.17) is 0 Å². The quantitative estimate of drug-likeness (QED) is 0.785. The van der Waals surface area contributed by atoms with Crippen molar-refractivity contribution in [2.24, 2.45) is 0 Å². The van der Waals surface area contributed by atoms with E-state index in [1.807, 2.05) is 6.26 Å². The van der Waals surface area contributed by atoms with Crippen LogP contribution >= 0.6 is 11.8 Å². The molecule has 1 rings (SSSR count). The average Bonchev–Trinajstić information content (AvgIpc) is 2.33. The van der Waals surface area contributed by atoms with Crippen LogP contribution in [0.5, 0.6) is 0 Å². The molecule has 0 saturated carbocycles. The summed E-state index contributed by atoms with van der Waals surface area (Å²) in [5, 5.41) is 5.45. The number of rotatable bonds is 6. The van der Waals surface area contributed by atoms with Gasteiger partial charge in [0, 0.05) is 19.7 Å². The van der Waals surface area contributed by atoms with Crippen molar-refractivity contribution < 1.29 is 13.2 Å². The summed E-state index contributed by atoms with van der Waals surface area (Å²) < 4.78 is 37.6. The molecule has 4 nitrogen and oxygen atoms in total. The van der Waals surface area contributed by atoms with Gasteiger partial charge in [-0.1, -0.05) is 0 Å². The molecule has 102 valence electrons. The van der Waals surface area contributed by atoms with E-state index in [1.54, 1.807) is 11.8 Å². The molecule has 1 aromatic heterocycles. The second-order valence-electron chi connectivity index (χ2n) is 3.48. The van der Waals surface area contributed by atoms with Gasteiger partial charge in [0.25, 0.3) is 0 Å². The van der Waals surface area contributed by atoms with Gasteiger partial charge in [-0.15, -0.1) is 0 Å². The summed E-state index contributed by atoms with van der Waals surface area (Å²) in [6.45, 7) is 0.582. The number of hydrogen-bond donors (Lipinski definition) is 2. The average molecular weight is 280 g/mol. The van der Waals surface area contributed by atoms with Crippen LogP contribution in [0.2, 0.25) is 0 Å². The normalized spacial score (nSPS) is 11.4. The van der Waals surface area contributed by atoms with Crippen molar-refractivity contribution in [2.45, 2.75) is 12.6 Å². The number of aromatic nitrogens is 2. The molecular weight excluding hydrogens is 265 g/mol. The van der Waals surface area contributed by atoms with Crippen molar-refractivity contribution in [3.8, 4) is 0 Å². The van der Waals surface area contributed by atoms with Gasteiger partial charge in [-0.25, -0.2) is 9.97 Å². The van der Waals surface area contributed by atoms with E-state index < -0.39 is 12.0 Å². The Hall–Kier alpha value is -1.18. The van der Waals surface area contributed by atoms with Crippen LogP contribution in [0.3, 0.4) is 0 Å². The maximum Gasteiger partial charge on any atom is 0.451 e. The molecule has 0 aromatic carbocycles. The minimum Gasteiger partial charge on any atom is -0.373 e. The number of alkyl halides is 3. The SMILES string of the molecule is CNc1cc(NCCCSC)nc(C(F)(F)F)n1. The number of hydrogen-bond acceptors (Lipinski definition) is 5. The third-order valence-corrected chi connectivity index (χ3v) is 2.76. The first-order valence-corrected chi connectivity index (χ1v) is 6.73. The molecule has 0 unspecified atom stereocenters. The predicted octanol–water partition coefficient (Wildman–Crippen LogP) is 2.70. The van der Waals surface area contributed by atoms with E-state index >= 15 is 0 Å². The molecule has 2 N–H and O–H groups in total. The van der Waals surface area contributed by atoms with Crippen LogP contribution < -0.4 is 10.6 Å². The number of anilines is 2. The van der Waals surface area contributed by atoms with Crippen LogP contribution in [-0.4, -0.2) is 35.6 Å². The highest BCUT2D eigenvalue weighted by Gasteiger charge is 2.35. The first-order valence-electron chi connectivity index (χ1n) is 5.34. The standard InChI is InChI=1S/C10H15F3N4S/c1-14-7-6-8(15-4-3-5-18-2)17-9(16-7)10(11,12)13/h6H,3-5H2,1-2H3,(H2,14,15,16,17). The summed E-state index contributed by atoms with van der Waals surface area (Å²) >= 11 is 1.69. The van der Waals surface area contributed by atoms with Crippen molar-refractivity contribution in [1.29, 1.82) is 0 Å². The summed E-state index contributed by atoms with van der Waals surface area (Å²) in [7, 11) is 1.51. The summed E-state index contributed by atoms with van der Waals surface area (Å²) in [4.78, 5) is 6.83. The lowest BCUT2D eigenvalue weighted by atomic mass is 10.4. The van der Waals surface area contributed by atoms with E-state index in [1.165, 1.54) is 13.1 Å². The van der Waals surface area contributed by atoms with Crippen LogP contribution in [-0.2, 0) is 6.18 Å². The highest BCUT2D eigenvalue weighted by atomic mass is 32.2. The van der Waals surface area contributed by atoms with Gasteiger partial charge in [-0.3, -0.25) is 0 Å². The molecule has 0 atom stereocenters. The smallest absolute Gasteiger partial charge is 0.373 e. The van der Waals surface area contributed by atoms with Gasteiger partial charge in [0.2, 0.25) is 5.82 Å². The van der Waals surface area contributed by atoms with Gasteiger partial charge in [0.15, 0.2) is 0 Å². The molecule has 18 heavy (non-hydrogen) atoms. The Kier molecular flexibility index (Phi) is 5.52. The fourth-order valence-electron chi connectivity index (χ4n) is 1.23. The molecule has 0 aliphatic heterocycles. The minimum atomic E-state index is -4.54. The fraction of sp³-hybridized carbons (Fsp3) is 0.600. The first kappa shape index (κ1) is 14.9. The van der Waals surface area contributed by atoms with E-state index in [0.29, 0.717) is 6.54 Å². The zero-order chi connectivity index (χ0) is 13.6. The molecule has 1 heterocycles. The van der Waals surface area contributed by atoms with Gasteiger partial charge in [-0.05, 0) is 18.4 Å². The highest BCUT2D eigenvalue weighted by Crippen LogP contribution is 2.28. The number of nitrogens with one attached hydrogen (secondary N) is 2. The van der Waals surface area contributed by atoms with Gasteiger partial charge < -0.3 is 10.6 Å². The molecule has 0 saturated heterocycles. The predicted molar refractivity (Wildman–Crippen MR) is 68.1 cm³/mol. The monoisotopic (exact) mass is 280 g/mol. The zero-order valence-electron chi connectivity index (χ0n) is 10.1. The number of halogens is 3. The van der Waals surface area contributed by atoms with Crippen molar-refractivity contribution in [3.63, 3.8) is 0 Å². The Morgan fingerprint density at radius 3 is 2.50 bits per heavy atom. The van der Waals surface area contributed by atoms with Gasteiger partial charge in [0.05, 0.1) is 0 Å². The third kappa shape index (κ3) is 4.59. The zero-order valence-corrected chi connectivity index (χ0v) is 11.0. The van der Waals surface area contributed by atoms with Crippen LogP contribution in [0, 0.1) is 0 Å². The van der Waals surface area contributed by atoms with Crippen LogP contribution in [0.15, 0.2) is 6.07 Å². The second-order valence-corrected chi connectivity index (χ2v) is 4.47. The molecular formula is C10H15F3N4S. The molecule has 0 spiro atoms. The molecule has 0 bridgehead atoms. The minimum absolute atomic E-state index is 0.143. The Morgan fingerprint density at radius 1 is 1.28 bits per heavy atom. The van der Waals surface area contributed by atoms with Crippen molar-refractivity contribution >= 4 is 23.4 Å². The van der Waals surface area contributed by atoms with E-state index in [2.05, 4.69) is 20.6 Å². The molecule has 0 aliphatic rings. The highest BCUT2D eigenvalue weighted by molar-refractivity contribution is 7.98. The van der Waals surface area contributed by atoms with E-state index in [-0.39, 0.29) is 11.6 Å². The van der Waals surface area contributed by atoms with Crippen LogP contribution in [0.1, 0.15) is 12.2 Å². The summed E-state index contributed by atoms with van der Waals surface area (Å²) in [5.74, 6) is 0.137. The first-order chi connectivity index (χ1) is 8.47. The Balaban J connectivity index is 2.78. The van der Waals surface area contributed by atoms with Gasteiger partial charge in [-0.2, -0.15) is 24.9 Å². The maximum absolute atomic E-state index is 12.5. The van der Waals surface area contributed by atoms with Crippen LogP contribution in [0.4, 0.5) is 24.8 Å². The van der Waals surface area contributed by atoms with Crippen molar-refractivity contribution in [3.05, 3.63) is 11.9 Å². The summed E-state index contributed by atoms with van der Waals surface area (Å²) in [6.07, 6.45) is -1.70. The lowest BCUT2D eigenvalue weighted by Gasteiger charge is -2.11. The summed E-state index contributed by atoms with van der Waals surface area (Å²) in [6, 6.07) is 1.45. The Labute approximate surface area is 108 Å². The largest absolute Gasteiger partial charge is 0.451 e. The molecule has 0 radical (unpaired) electrons. The van der Waals surface area contributed by atoms with Gasteiger partial charge in [0.1, 0.15) is 11.6 Å². The Bertz CT molecular complexity index is 384. The Morgan fingerprint density at radius 2 is 1.94 bits per heavy atom. The fourth-order valence-corrected chi connectivity index (χ4v) is 1.66. The second kappa shape index (κ2) is 6.67. The number of nitrogens with zero attached hydrogens (tertiary/aromatic N) is 2. The molecule has 8 heteroatoms. The molecule has 0 aliphatic carbocycles. The molecule has 0 amide bonds. The van der Waals surface area contributed by atoms with E-state index in [0.717, 1.165) is 12.2 Å². The lowest BCUT2D eigenvalue weighted by molar-refractivity contribution is -0.144. The van der Waals surface area contributed by atoms with Gasteiger partial charge >= 0.3 is 6.18 Å². The molecule has 0 fully saturated rings. The number of thioether (sulfide) groups is 1. The lowest BCUT2D eigenvalue weighted by Crippen LogP contribution is -2.15. The third-order valence-electron chi connectivity index (χ3n) is 2.07. The molecule has 1 aromatic rings. The van der Waals surface area contributed by atoms with Crippen LogP contribution in [0.25, 0.3) is 0 Å². The van der Waals surface area contributed by atoms with Crippen molar-refractivity contribution in [2.75, 3.05) is 36.2 Å². The summed E-state index contributed by atoms with van der Waals surface area (Å²) in [5.41, 5.74) is 0.